The van der Waals surface area contributed by atoms with Gasteiger partial charge < -0.3 is 11.1 Å². The van der Waals surface area contributed by atoms with Crippen LogP contribution in [0, 0.1) is 5.41 Å². The molecule has 1 aromatic rings. The highest BCUT2D eigenvalue weighted by Gasteiger charge is 2.42. The van der Waals surface area contributed by atoms with E-state index in [1.165, 1.54) is 0 Å². The number of halogens is 6. The molecule has 1 fully saturated rings. The molecule has 0 spiro atoms. The number of nitrogens with two attached hydrogens (primary N) is 1. The molecule has 1 saturated carbocycles. The second-order valence-electron chi connectivity index (χ2n) is 6.73. The van der Waals surface area contributed by atoms with Gasteiger partial charge in [0.1, 0.15) is 0 Å². The zero-order valence-corrected chi connectivity index (χ0v) is 14.1. The van der Waals surface area contributed by atoms with Gasteiger partial charge in [0.15, 0.2) is 0 Å². The summed E-state index contributed by atoms with van der Waals surface area (Å²) in [7, 11) is 0. The van der Waals surface area contributed by atoms with E-state index in [2.05, 4.69) is 5.32 Å². The first-order valence-electron chi connectivity index (χ1n) is 8.19. The maximum absolute atomic E-state index is 12.9. The smallest absolute Gasteiger partial charge is 0.352 e. The number of alkyl halides is 6. The molecular formula is C17H20F6N2O. The van der Waals surface area contributed by atoms with Crippen molar-refractivity contribution in [3.63, 3.8) is 0 Å². The number of benzene rings is 1. The van der Waals surface area contributed by atoms with Crippen LogP contribution in [0.4, 0.5) is 26.3 Å². The molecule has 0 aromatic heterocycles. The van der Waals surface area contributed by atoms with Gasteiger partial charge in [0.2, 0.25) is 5.91 Å². The Morgan fingerprint density at radius 2 is 1.69 bits per heavy atom. The minimum absolute atomic E-state index is 0.0643. The molecule has 0 heterocycles. The van der Waals surface area contributed by atoms with Gasteiger partial charge in [-0.3, -0.25) is 4.79 Å². The van der Waals surface area contributed by atoms with E-state index in [0.29, 0.717) is 37.8 Å². The van der Waals surface area contributed by atoms with Gasteiger partial charge >= 0.3 is 12.4 Å². The third-order valence-electron chi connectivity index (χ3n) is 4.91. The van der Waals surface area contributed by atoms with E-state index in [-0.39, 0.29) is 23.6 Å². The van der Waals surface area contributed by atoms with Crippen LogP contribution in [0.1, 0.15) is 49.3 Å². The van der Waals surface area contributed by atoms with Crippen LogP contribution < -0.4 is 11.1 Å². The molecule has 26 heavy (non-hydrogen) atoms. The second-order valence-corrected chi connectivity index (χ2v) is 6.73. The van der Waals surface area contributed by atoms with Crippen molar-refractivity contribution >= 4 is 5.91 Å². The minimum atomic E-state index is -4.91. The van der Waals surface area contributed by atoms with E-state index in [4.69, 9.17) is 5.73 Å². The lowest BCUT2D eigenvalue weighted by Crippen LogP contribution is -2.39. The van der Waals surface area contributed by atoms with E-state index in [9.17, 15) is 31.1 Å². The summed E-state index contributed by atoms with van der Waals surface area (Å²) in [5.74, 6) is -0.390. The molecule has 3 nitrogen and oxygen atoms in total. The summed E-state index contributed by atoms with van der Waals surface area (Å²) in [6.45, 7) is 1.40. The number of rotatable bonds is 4. The molecule has 0 aliphatic heterocycles. The van der Waals surface area contributed by atoms with Crippen molar-refractivity contribution in [2.45, 2.75) is 57.5 Å². The van der Waals surface area contributed by atoms with Crippen molar-refractivity contribution in [1.82, 2.24) is 5.32 Å². The molecule has 1 amide bonds. The van der Waals surface area contributed by atoms with Crippen molar-refractivity contribution in [2.24, 2.45) is 11.1 Å². The first-order chi connectivity index (χ1) is 11.9. The summed E-state index contributed by atoms with van der Waals surface area (Å²) < 4.78 is 77.2. The molecule has 0 saturated heterocycles. The number of nitrogens with one attached hydrogen (secondary N) is 1. The summed E-state index contributed by atoms with van der Waals surface area (Å²) in [4.78, 5) is 12.5. The highest BCUT2D eigenvalue weighted by atomic mass is 19.4. The van der Waals surface area contributed by atoms with Crippen LogP contribution in [-0.2, 0) is 23.7 Å². The highest BCUT2D eigenvalue weighted by molar-refractivity contribution is 5.83. The van der Waals surface area contributed by atoms with Crippen LogP contribution in [0.2, 0.25) is 0 Å². The number of amides is 1. The van der Waals surface area contributed by atoms with Crippen LogP contribution in [0.25, 0.3) is 0 Å². The standard InChI is InChI=1S/C17H20F6N2O/c1-2-15(4-3-13(24)8-15)14(26)25-9-10-5-11(16(18,19)20)7-12(6-10)17(21,22)23/h5-7,13H,2-4,8-9,24H2,1H3,(H,25,26). The number of carbonyl (C=O) groups excluding carboxylic acids is 1. The fourth-order valence-corrected chi connectivity index (χ4v) is 3.35. The Kier molecular flexibility index (Phi) is 5.60. The highest BCUT2D eigenvalue weighted by Crippen LogP contribution is 2.41. The molecular weight excluding hydrogens is 362 g/mol. The number of hydrogen-bond donors (Lipinski definition) is 2. The molecule has 0 bridgehead atoms. The largest absolute Gasteiger partial charge is 0.416 e. The maximum atomic E-state index is 12.9. The van der Waals surface area contributed by atoms with Gasteiger partial charge in [-0.25, -0.2) is 0 Å². The van der Waals surface area contributed by atoms with Gasteiger partial charge in [-0.05, 0) is 49.4 Å². The van der Waals surface area contributed by atoms with E-state index < -0.39 is 35.4 Å². The van der Waals surface area contributed by atoms with Crippen LogP contribution in [0.15, 0.2) is 18.2 Å². The topological polar surface area (TPSA) is 55.1 Å². The summed E-state index contributed by atoms with van der Waals surface area (Å²) >= 11 is 0. The molecule has 2 unspecified atom stereocenters. The molecule has 146 valence electrons. The second kappa shape index (κ2) is 7.09. The van der Waals surface area contributed by atoms with E-state index in [1.807, 2.05) is 6.92 Å². The Morgan fingerprint density at radius 3 is 2.08 bits per heavy atom. The average molecular weight is 382 g/mol. The quantitative estimate of drug-likeness (QED) is 0.765. The molecule has 2 rings (SSSR count). The summed E-state index contributed by atoms with van der Waals surface area (Å²) in [5.41, 5.74) is 2.07. The first kappa shape index (κ1) is 20.5. The zero-order valence-electron chi connectivity index (χ0n) is 14.1. The third kappa shape index (κ3) is 4.49. The van der Waals surface area contributed by atoms with Gasteiger partial charge in [0.25, 0.3) is 0 Å². The monoisotopic (exact) mass is 382 g/mol. The predicted molar refractivity (Wildman–Crippen MR) is 82.8 cm³/mol. The Balaban J connectivity index is 2.22. The van der Waals surface area contributed by atoms with Crippen LogP contribution in [0.5, 0.6) is 0 Å². The fraction of sp³-hybridized carbons (Fsp3) is 0.588. The summed E-state index contributed by atoms with van der Waals surface area (Å²) in [6, 6.07) is 1.17. The number of hydrogen-bond acceptors (Lipinski definition) is 2. The lowest BCUT2D eigenvalue weighted by molar-refractivity contribution is -0.143. The Labute approximate surface area is 146 Å². The van der Waals surface area contributed by atoms with Crippen LogP contribution >= 0.6 is 0 Å². The normalized spacial score (nSPS) is 23.9. The van der Waals surface area contributed by atoms with Gasteiger partial charge in [0, 0.05) is 12.6 Å². The maximum Gasteiger partial charge on any atom is 0.416 e. The van der Waals surface area contributed by atoms with Crippen molar-refractivity contribution in [2.75, 3.05) is 0 Å². The predicted octanol–water partition coefficient (Wildman–Crippen LogP) is 4.25. The average Bonchev–Trinajstić information content (AvgIpc) is 2.93. The molecule has 3 N–H and O–H groups in total. The third-order valence-corrected chi connectivity index (χ3v) is 4.91. The van der Waals surface area contributed by atoms with Crippen molar-refractivity contribution in [3.05, 3.63) is 34.9 Å². The van der Waals surface area contributed by atoms with Gasteiger partial charge in [-0.1, -0.05) is 6.92 Å². The lowest BCUT2D eigenvalue weighted by atomic mass is 9.82. The van der Waals surface area contributed by atoms with Crippen molar-refractivity contribution in [3.8, 4) is 0 Å². The molecule has 0 radical (unpaired) electrons. The molecule has 9 heteroatoms. The van der Waals surface area contributed by atoms with Gasteiger partial charge in [-0.15, -0.1) is 0 Å². The van der Waals surface area contributed by atoms with E-state index in [0.717, 1.165) is 0 Å². The Bertz CT molecular complexity index is 638. The Morgan fingerprint density at radius 1 is 1.15 bits per heavy atom. The minimum Gasteiger partial charge on any atom is -0.352 e. The van der Waals surface area contributed by atoms with Crippen LogP contribution in [-0.4, -0.2) is 11.9 Å². The van der Waals surface area contributed by atoms with E-state index in [1.54, 1.807) is 0 Å². The fourth-order valence-electron chi connectivity index (χ4n) is 3.35. The van der Waals surface area contributed by atoms with Crippen molar-refractivity contribution < 1.29 is 31.1 Å². The SMILES string of the molecule is CCC1(C(=O)NCc2cc(C(F)(F)F)cc(C(F)(F)F)c2)CCC(N)C1. The molecule has 1 aromatic carbocycles. The summed E-state index contributed by atoms with van der Waals surface area (Å²) in [6.07, 6.45) is -7.67. The Hall–Kier alpha value is -1.77. The molecule has 1 aliphatic carbocycles. The zero-order chi connectivity index (χ0) is 19.8. The summed E-state index contributed by atoms with van der Waals surface area (Å²) in [5, 5.41) is 2.48. The lowest BCUT2D eigenvalue weighted by Gasteiger charge is -2.26. The van der Waals surface area contributed by atoms with Gasteiger partial charge in [-0.2, -0.15) is 26.3 Å². The molecule has 2 atom stereocenters. The van der Waals surface area contributed by atoms with Gasteiger partial charge in [0.05, 0.1) is 16.5 Å². The van der Waals surface area contributed by atoms with Crippen molar-refractivity contribution in [1.29, 1.82) is 0 Å². The van der Waals surface area contributed by atoms with E-state index >= 15 is 0 Å². The first-order valence-corrected chi connectivity index (χ1v) is 8.19. The number of carbonyl (C=O) groups is 1. The van der Waals surface area contributed by atoms with Crippen LogP contribution in [0.3, 0.4) is 0 Å². The molecule has 1 aliphatic rings.